The molecular weight excluding hydrogens is 469 g/mol. The van der Waals surface area contributed by atoms with Crippen LogP contribution in [-0.4, -0.2) is 50.8 Å². The molecule has 0 aliphatic heterocycles. The third kappa shape index (κ3) is 4.22. The summed E-state index contributed by atoms with van der Waals surface area (Å²) in [6.45, 7) is 13.5. The van der Waals surface area contributed by atoms with E-state index in [-0.39, 0.29) is 0 Å². The molecule has 0 unspecified atom stereocenters. The summed E-state index contributed by atoms with van der Waals surface area (Å²) in [5, 5.41) is 6.02. The Morgan fingerprint density at radius 1 is 0.361 bits per heavy atom. The highest BCUT2D eigenvalue weighted by molar-refractivity contribution is 7.57. The lowest BCUT2D eigenvalue weighted by atomic mass is 10.4. The van der Waals surface area contributed by atoms with Crippen LogP contribution in [0.1, 0.15) is 27.7 Å². The van der Waals surface area contributed by atoms with Gasteiger partial charge in [0, 0.05) is 0 Å². The predicted octanol–water partition coefficient (Wildman–Crippen LogP) is 4.27. The third-order valence-corrected chi connectivity index (χ3v) is 25.2. The fourth-order valence-corrected chi connectivity index (χ4v) is 27.4. The van der Waals surface area contributed by atoms with Crippen LogP contribution in [0.3, 0.4) is 0 Å². The van der Waals surface area contributed by atoms with Crippen LogP contribution in [0.4, 0.5) is 0 Å². The quantitative estimate of drug-likeness (QED) is 0.279. The molecule has 0 atom stereocenters. The number of hydrogen-bond acceptors (Lipinski definition) is 2. The van der Waals surface area contributed by atoms with Gasteiger partial charge in [0.05, 0.1) is 0 Å². The van der Waals surface area contributed by atoms with Crippen molar-refractivity contribution in [2.24, 2.45) is 0 Å². The van der Waals surface area contributed by atoms with Crippen molar-refractivity contribution >= 4 is 36.3 Å². The van der Waals surface area contributed by atoms with E-state index >= 15 is 0 Å². The number of benzene rings is 4. The van der Waals surface area contributed by atoms with Crippen molar-refractivity contribution in [2.45, 2.75) is 27.7 Å². The fourth-order valence-electron chi connectivity index (χ4n) is 6.47. The average Bonchev–Trinajstić information content (AvgIpc) is 2.97. The van der Waals surface area contributed by atoms with Crippen LogP contribution in [0.15, 0.2) is 121 Å². The Morgan fingerprint density at radius 3 is 0.722 bits per heavy atom. The van der Waals surface area contributed by atoms with E-state index in [4.69, 9.17) is 0 Å². The van der Waals surface area contributed by atoms with Crippen LogP contribution >= 0.6 is 0 Å². The van der Waals surface area contributed by atoms with Crippen molar-refractivity contribution in [3.63, 3.8) is 0 Å². The van der Waals surface area contributed by atoms with Gasteiger partial charge in [0.2, 0.25) is 15.5 Å². The van der Waals surface area contributed by atoms with E-state index in [1.807, 2.05) is 0 Å². The molecule has 4 heteroatoms. The zero-order valence-corrected chi connectivity index (χ0v) is 24.3. The van der Waals surface area contributed by atoms with Gasteiger partial charge >= 0.3 is 0 Å². The molecule has 0 fully saturated rings. The molecule has 0 aliphatic rings. The Balaban J connectivity index is 2.33. The minimum absolute atomic E-state index is 1.02. The molecule has 4 aromatic rings. The summed E-state index contributed by atoms with van der Waals surface area (Å²) >= 11 is 0. The van der Waals surface area contributed by atoms with Gasteiger partial charge in [-0.05, 0) is 46.9 Å². The molecule has 0 saturated carbocycles. The van der Waals surface area contributed by atoms with Gasteiger partial charge in [-0.3, -0.25) is 0 Å². The molecule has 0 amide bonds. The second-order valence-corrected chi connectivity index (χ2v) is 20.0. The van der Waals surface area contributed by atoms with Gasteiger partial charge in [0.15, 0.2) is 0 Å². The zero-order valence-electron chi connectivity index (χ0n) is 22.3. The monoisotopic (exact) mass is 508 g/mol. The van der Waals surface area contributed by atoms with Gasteiger partial charge in [-0.1, -0.05) is 149 Å². The molecule has 0 aliphatic carbocycles. The first-order chi connectivity index (χ1) is 17.7. The maximum Gasteiger partial charge on any atom is 0.209 e. The maximum absolute atomic E-state index is 2.88. The molecule has 0 aromatic heterocycles. The molecule has 0 saturated heterocycles. The van der Waals surface area contributed by atoms with Crippen LogP contribution in [0.25, 0.3) is 0 Å². The van der Waals surface area contributed by atoms with E-state index in [1.165, 1.54) is 20.7 Å². The SMILES string of the molecule is CCN(CC)[Si](c1ccccc1)(c1ccccc1)[Si](c1ccccc1)(c1ccccc1)N(CC)CC. The van der Waals surface area contributed by atoms with Gasteiger partial charge < -0.3 is 9.13 Å². The zero-order chi connectivity index (χ0) is 25.4. The number of nitrogens with zero attached hydrogens (tertiary/aromatic N) is 2. The van der Waals surface area contributed by atoms with Gasteiger partial charge in [0.1, 0.15) is 0 Å². The third-order valence-electron chi connectivity index (χ3n) is 7.77. The smallest absolute Gasteiger partial charge is 0.209 e. The molecule has 4 aromatic carbocycles. The van der Waals surface area contributed by atoms with E-state index in [0.717, 1.165) is 26.2 Å². The van der Waals surface area contributed by atoms with E-state index in [9.17, 15) is 0 Å². The molecule has 186 valence electrons. The molecular formula is C32H40N2Si2. The van der Waals surface area contributed by atoms with E-state index < -0.39 is 15.5 Å². The normalized spacial score (nSPS) is 12.3. The molecule has 0 radical (unpaired) electrons. The van der Waals surface area contributed by atoms with Gasteiger partial charge in [-0.2, -0.15) is 0 Å². The number of rotatable bonds is 11. The topological polar surface area (TPSA) is 6.48 Å². The molecule has 0 N–H and O–H groups in total. The highest BCUT2D eigenvalue weighted by atomic mass is 29.3. The Hall–Kier alpha value is -2.77. The largest absolute Gasteiger partial charge is 0.318 e. The van der Waals surface area contributed by atoms with Crippen LogP contribution in [0.5, 0.6) is 0 Å². The van der Waals surface area contributed by atoms with Gasteiger partial charge in [0.25, 0.3) is 0 Å². The van der Waals surface area contributed by atoms with Gasteiger partial charge in [-0.25, -0.2) is 0 Å². The van der Waals surface area contributed by atoms with E-state index in [2.05, 4.69) is 158 Å². The minimum atomic E-state index is -2.65. The minimum Gasteiger partial charge on any atom is -0.318 e. The molecule has 0 heterocycles. The first-order valence-corrected chi connectivity index (χ1v) is 18.3. The lowest BCUT2D eigenvalue weighted by molar-refractivity contribution is 0.459. The second kappa shape index (κ2) is 12.0. The fraction of sp³-hybridized carbons (Fsp3) is 0.250. The number of hydrogen-bond donors (Lipinski definition) is 0. The summed E-state index contributed by atoms with van der Waals surface area (Å²) in [7, 11) is -5.29. The Labute approximate surface area is 220 Å². The van der Waals surface area contributed by atoms with Crippen molar-refractivity contribution in [3.05, 3.63) is 121 Å². The summed E-state index contributed by atoms with van der Waals surface area (Å²) in [6, 6.07) is 46.1. The van der Waals surface area contributed by atoms with Crippen molar-refractivity contribution < 1.29 is 0 Å². The standard InChI is InChI=1S/C32H40N2Si2/c1-5-33(6-2)35(29-21-13-9-14-22-29,30-23-15-10-16-24-30)36(34(7-3)8-4,31-25-17-11-18-26-31)32-27-19-12-20-28-32/h9-28H,5-8H2,1-4H3. The molecule has 2 nitrogen and oxygen atoms in total. The van der Waals surface area contributed by atoms with Crippen LogP contribution in [0, 0.1) is 0 Å². The van der Waals surface area contributed by atoms with Crippen LogP contribution < -0.4 is 20.7 Å². The lowest BCUT2D eigenvalue weighted by Crippen LogP contribution is -2.96. The van der Waals surface area contributed by atoms with Crippen molar-refractivity contribution in [1.29, 1.82) is 0 Å². The maximum atomic E-state index is 2.88. The summed E-state index contributed by atoms with van der Waals surface area (Å²) in [4.78, 5) is 0. The highest BCUT2D eigenvalue weighted by Gasteiger charge is 2.65. The summed E-state index contributed by atoms with van der Waals surface area (Å²) < 4.78 is 5.75. The van der Waals surface area contributed by atoms with Crippen molar-refractivity contribution in [3.8, 4) is 0 Å². The van der Waals surface area contributed by atoms with E-state index in [0.29, 0.717) is 0 Å². The summed E-state index contributed by atoms with van der Waals surface area (Å²) in [6.07, 6.45) is 0. The first kappa shape index (κ1) is 26.3. The highest BCUT2D eigenvalue weighted by Crippen LogP contribution is 2.28. The molecule has 0 bridgehead atoms. The molecule has 4 rings (SSSR count). The lowest BCUT2D eigenvalue weighted by Gasteiger charge is -2.58. The van der Waals surface area contributed by atoms with Crippen molar-refractivity contribution in [1.82, 2.24) is 9.13 Å². The van der Waals surface area contributed by atoms with Gasteiger partial charge in [-0.15, -0.1) is 0 Å². The molecule has 36 heavy (non-hydrogen) atoms. The summed E-state index contributed by atoms with van der Waals surface area (Å²) in [5.41, 5.74) is 0. The first-order valence-electron chi connectivity index (χ1n) is 13.4. The molecule has 0 spiro atoms. The van der Waals surface area contributed by atoms with Crippen LogP contribution in [0.2, 0.25) is 0 Å². The van der Waals surface area contributed by atoms with E-state index in [1.54, 1.807) is 0 Å². The Kier molecular flexibility index (Phi) is 8.75. The second-order valence-electron chi connectivity index (χ2n) is 9.23. The van der Waals surface area contributed by atoms with Crippen LogP contribution in [-0.2, 0) is 0 Å². The predicted molar refractivity (Wildman–Crippen MR) is 162 cm³/mol. The average molecular weight is 509 g/mol. The Bertz CT molecular complexity index is 1000. The van der Waals surface area contributed by atoms with Crippen molar-refractivity contribution in [2.75, 3.05) is 26.2 Å². The Morgan fingerprint density at radius 2 is 0.556 bits per heavy atom. The summed E-state index contributed by atoms with van der Waals surface area (Å²) in [5.74, 6) is 0.